The van der Waals surface area contributed by atoms with Crippen LogP contribution in [0.2, 0.25) is 5.02 Å². The molecule has 0 saturated carbocycles. The molecule has 39 heavy (non-hydrogen) atoms. The molecule has 1 aromatic heterocycles. The second-order valence-electron chi connectivity index (χ2n) is 8.73. The lowest BCUT2D eigenvalue weighted by Crippen LogP contribution is -2.19. The molecule has 0 saturated heterocycles. The summed E-state index contributed by atoms with van der Waals surface area (Å²) in [6.45, 7) is 2.33. The zero-order chi connectivity index (χ0) is 28.4. The topological polar surface area (TPSA) is 85.8 Å². The van der Waals surface area contributed by atoms with Crippen molar-refractivity contribution in [3.05, 3.63) is 59.4 Å². The van der Waals surface area contributed by atoms with E-state index in [1.165, 1.54) is 24.5 Å². The molecule has 1 N–H and O–H groups in total. The highest BCUT2D eigenvalue weighted by atomic mass is 35.5. The molecule has 0 spiro atoms. The second-order valence-corrected chi connectivity index (χ2v) is 9.13. The van der Waals surface area contributed by atoms with Gasteiger partial charge in [-0.05, 0) is 51.4 Å². The molecule has 0 unspecified atom stereocenters. The van der Waals surface area contributed by atoms with Gasteiger partial charge in [0.05, 0.1) is 17.1 Å². The van der Waals surface area contributed by atoms with Gasteiger partial charge in [-0.3, -0.25) is 4.79 Å². The zero-order valence-corrected chi connectivity index (χ0v) is 22.6. The SMILES string of the molecule is CCOCCOc1cc2ncnc(Nc3ccc(OCC(F)(F)F)c(Cl)c3)c2cc1CC(=O)/C=C/CN(C)C. The van der Waals surface area contributed by atoms with Crippen molar-refractivity contribution in [2.45, 2.75) is 19.5 Å². The summed E-state index contributed by atoms with van der Waals surface area (Å²) in [4.78, 5) is 23.3. The Morgan fingerprint density at radius 2 is 1.90 bits per heavy atom. The summed E-state index contributed by atoms with van der Waals surface area (Å²) in [7, 11) is 3.82. The number of carbonyl (C=O) groups is 1. The molecule has 8 nitrogen and oxygen atoms in total. The first-order valence-corrected chi connectivity index (χ1v) is 12.5. The predicted octanol–water partition coefficient (Wildman–Crippen LogP) is 5.61. The van der Waals surface area contributed by atoms with E-state index in [1.54, 1.807) is 24.3 Å². The lowest BCUT2D eigenvalue weighted by molar-refractivity contribution is -0.153. The Labute approximate surface area is 229 Å². The normalized spacial score (nSPS) is 11.9. The van der Waals surface area contributed by atoms with Crippen LogP contribution >= 0.6 is 11.6 Å². The van der Waals surface area contributed by atoms with E-state index in [9.17, 15) is 18.0 Å². The Balaban J connectivity index is 1.89. The standard InChI is InChI=1S/C27H30ClF3N4O4/c1-4-37-10-11-38-25-15-23-21(13-18(25)12-20(36)6-5-9-35(2)3)26(33-17-32-23)34-19-7-8-24(22(28)14-19)39-16-27(29,30)31/h5-8,13-15,17H,4,9-12,16H2,1-3H3,(H,32,33,34)/b6-5+. The number of benzene rings is 2. The molecule has 3 aromatic rings. The number of nitrogens with one attached hydrogen (secondary N) is 1. The number of alkyl halides is 3. The molecule has 12 heteroatoms. The van der Waals surface area contributed by atoms with E-state index in [2.05, 4.69) is 15.3 Å². The van der Waals surface area contributed by atoms with E-state index in [0.717, 1.165) is 0 Å². The molecule has 1 heterocycles. The quantitative estimate of drug-likeness (QED) is 0.199. The van der Waals surface area contributed by atoms with Crippen LogP contribution in [-0.4, -0.2) is 73.9 Å². The number of nitrogens with zero attached hydrogens (tertiary/aromatic N) is 3. The van der Waals surface area contributed by atoms with E-state index < -0.39 is 12.8 Å². The number of ether oxygens (including phenoxy) is 3. The molecule has 3 rings (SSSR count). The molecule has 210 valence electrons. The van der Waals surface area contributed by atoms with Gasteiger partial charge in [0.15, 0.2) is 12.4 Å². The van der Waals surface area contributed by atoms with E-state index in [0.29, 0.717) is 60.1 Å². The van der Waals surface area contributed by atoms with Gasteiger partial charge in [0, 0.05) is 42.3 Å². The fraction of sp³-hybridized carbons (Fsp3) is 0.370. The minimum Gasteiger partial charge on any atom is -0.491 e. The largest absolute Gasteiger partial charge is 0.491 e. The van der Waals surface area contributed by atoms with E-state index >= 15 is 0 Å². The summed E-state index contributed by atoms with van der Waals surface area (Å²) in [6.07, 6.45) is 0.314. The van der Waals surface area contributed by atoms with E-state index in [4.69, 9.17) is 25.8 Å². The Bertz CT molecular complexity index is 1300. The number of allylic oxidation sites excluding steroid dienone is 1. The molecular formula is C27H30ClF3N4O4. The van der Waals surface area contributed by atoms with Crippen molar-refractivity contribution in [2.24, 2.45) is 0 Å². The van der Waals surface area contributed by atoms with Crippen molar-refractivity contribution in [1.29, 1.82) is 0 Å². The Morgan fingerprint density at radius 3 is 2.59 bits per heavy atom. The fourth-order valence-electron chi connectivity index (χ4n) is 3.49. The summed E-state index contributed by atoms with van der Waals surface area (Å²) in [6, 6.07) is 7.83. The molecule has 2 aromatic carbocycles. The number of carbonyl (C=O) groups excluding carboxylic acids is 1. The van der Waals surface area contributed by atoms with Gasteiger partial charge in [0.2, 0.25) is 0 Å². The van der Waals surface area contributed by atoms with Crippen LogP contribution in [0.5, 0.6) is 11.5 Å². The maximum Gasteiger partial charge on any atom is 0.422 e. The third kappa shape index (κ3) is 9.68. The van der Waals surface area contributed by atoms with E-state index in [-0.39, 0.29) is 23.0 Å². The summed E-state index contributed by atoms with van der Waals surface area (Å²) in [5.41, 5.74) is 1.68. The van der Waals surface area contributed by atoms with Gasteiger partial charge in [-0.25, -0.2) is 9.97 Å². The zero-order valence-electron chi connectivity index (χ0n) is 21.8. The van der Waals surface area contributed by atoms with Crippen LogP contribution in [0.1, 0.15) is 12.5 Å². The number of anilines is 2. The molecule has 0 amide bonds. The molecule has 0 aliphatic carbocycles. The molecular weight excluding hydrogens is 537 g/mol. The van der Waals surface area contributed by atoms with Crippen LogP contribution in [0.4, 0.5) is 24.7 Å². The first-order valence-electron chi connectivity index (χ1n) is 12.1. The maximum atomic E-state index is 12.7. The number of aromatic nitrogens is 2. The van der Waals surface area contributed by atoms with Gasteiger partial charge in [-0.1, -0.05) is 17.7 Å². The van der Waals surface area contributed by atoms with Crippen LogP contribution in [0.25, 0.3) is 10.9 Å². The molecule has 0 aliphatic heterocycles. The summed E-state index contributed by atoms with van der Waals surface area (Å²) in [5.74, 6) is 0.732. The molecule has 0 atom stereocenters. The highest BCUT2D eigenvalue weighted by Crippen LogP contribution is 2.33. The second kappa shape index (κ2) is 14.1. The third-order valence-corrected chi connectivity index (χ3v) is 5.53. The van der Waals surface area contributed by atoms with Crippen LogP contribution < -0.4 is 14.8 Å². The number of ketones is 1. The first-order chi connectivity index (χ1) is 18.6. The predicted molar refractivity (Wildman–Crippen MR) is 144 cm³/mol. The van der Waals surface area contributed by atoms with Crippen LogP contribution in [-0.2, 0) is 16.0 Å². The Morgan fingerprint density at radius 1 is 1.10 bits per heavy atom. The van der Waals surface area contributed by atoms with Crippen molar-refractivity contribution < 1.29 is 32.2 Å². The monoisotopic (exact) mass is 566 g/mol. The number of hydrogen-bond acceptors (Lipinski definition) is 8. The smallest absolute Gasteiger partial charge is 0.422 e. The highest BCUT2D eigenvalue weighted by molar-refractivity contribution is 6.32. The Kier molecular flexibility index (Phi) is 10.9. The minimum atomic E-state index is -4.48. The number of rotatable bonds is 14. The van der Waals surface area contributed by atoms with Crippen molar-refractivity contribution in [3.8, 4) is 11.5 Å². The average Bonchev–Trinajstić information content (AvgIpc) is 2.86. The van der Waals surface area contributed by atoms with Gasteiger partial charge in [0.25, 0.3) is 0 Å². The van der Waals surface area contributed by atoms with Crippen LogP contribution in [0.15, 0.2) is 48.8 Å². The average molecular weight is 567 g/mol. The number of likely N-dealkylation sites (N-methyl/N-ethyl adjacent to an activating group) is 1. The van der Waals surface area contributed by atoms with Crippen molar-refractivity contribution in [2.75, 3.05) is 52.4 Å². The van der Waals surface area contributed by atoms with Crippen molar-refractivity contribution in [3.63, 3.8) is 0 Å². The van der Waals surface area contributed by atoms with Gasteiger partial charge in [0.1, 0.15) is 30.3 Å². The van der Waals surface area contributed by atoms with Gasteiger partial charge >= 0.3 is 6.18 Å². The molecule has 0 fully saturated rings. The fourth-order valence-corrected chi connectivity index (χ4v) is 3.72. The van der Waals surface area contributed by atoms with Gasteiger partial charge in [-0.2, -0.15) is 13.2 Å². The van der Waals surface area contributed by atoms with Crippen LogP contribution in [0, 0.1) is 0 Å². The van der Waals surface area contributed by atoms with Crippen LogP contribution in [0.3, 0.4) is 0 Å². The first kappa shape index (κ1) is 30.1. The molecule has 0 aliphatic rings. The number of fused-ring (bicyclic) bond motifs is 1. The van der Waals surface area contributed by atoms with Gasteiger partial charge in [-0.15, -0.1) is 0 Å². The molecule has 0 radical (unpaired) electrons. The van der Waals surface area contributed by atoms with Gasteiger partial charge < -0.3 is 24.4 Å². The maximum absolute atomic E-state index is 12.7. The summed E-state index contributed by atoms with van der Waals surface area (Å²) >= 11 is 6.14. The third-order valence-electron chi connectivity index (χ3n) is 5.23. The lowest BCUT2D eigenvalue weighted by atomic mass is 10.0. The summed E-state index contributed by atoms with van der Waals surface area (Å²) < 4.78 is 53.5. The number of halogens is 4. The minimum absolute atomic E-state index is 0.00314. The summed E-state index contributed by atoms with van der Waals surface area (Å²) in [5, 5.41) is 3.73. The molecule has 0 bridgehead atoms. The van der Waals surface area contributed by atoms with E-state index in [1.807, 2.05) is 25.9 Å². The highest BCUT2D eigenvalue weighted by Gasteiger charge is 2.28. The number of hydrogen-bond donors (Lipinski definition) is 1. The lowest BCUT2D eigenvalue weighted by Gasteiger charge is -2.15. The van der Waals surface area contributed by atoms with Crippen molar-refractivity contribution in [1.82, 2.24) is 14.9 Å². The van der Waals surface area contributed by atoms with Crippen molar-refractivity contribution >= 4 is 39.8 Å². The Hall–Kier alpha value is -3.41.